The maximum Gasteiger partial charge on any atom is 0.322 e. The van der Waals surface area contributed by atoms with Crippen molar-refractivity contribution in [2.24, 2.45) is 5.92 Å². The fraction of sp³-hybridized carbons (Fsp3) is 0.308. The van der Waals surface area contributed by atoms with E-state index >= 15 is 0 Å². The Kier molecular flexibility index (Phi) is 8.72. The molecule has 0 aliphatic heterocycles. The number of urea groups is 1. The number of aryl methyl sites for hydroxylation is 1. The highest BCUT2D eigenvalue weighted by Crippen LogP contribution is 2.22. The van der Waals surface area contributed by atoms with E-state index in [9.17, 15) is 9.59 Å². The highest BCUT2D eigenvalue weighted by molar-refractivity contribution is 9.10. The van der Waals surface area contributed by atoms with Crippen LogP contribution in [0.15, 0.2) is 75.6 Å². The van der Waals surface area contributed by atoms with E-state index in [1.54, 1.807) is 9.80 Å². The van der Waals surface area contributed by atoms with Crippen molar-refractivity contribution >= 4 is 33.6 Å². The molecule has 0 saturated heterocycles. The standard InChI is InChI=1S/C26H30BrN3O3/c1-19(2)15-30(26(32)28-24-12-8-7-11-23(24)27)18-25(31)29(16-21-9-5-4-6-10-21)17-22-14-13-20(3)33-22/h4-14,19H,15-18H2,1-3H3,(H,28,32). The minimum Gasteiger partial charge on any atom is -0.464 e. The van der Waals surface area contributed by atoms with Gasteiger partial charge in [-0.3, -0.25) is 4.79 Å². The van der Waals surface area contributed by atoms with Crippen LogP contribution in [0.4, 0.5) is 10.5 Å². The summed E-state index contributed by atoms with van der Waals surface area (Å²) in [5.74, 6) is 1.57. The first-order valence-electron chi connectivity index (χ1n) is 11.0. The highest BCUT2D eigenvalue weighted by Gasteiger charge is 2.23. The lowest BCUT2D eigenvalue weighted by Gasteiger charge is -2.28. The molecule has 2 aromatic carbocycles. The van der Waals surface area contributed by atoms with Gasteiger partial charge in [0.1, 0.15) is 18.1 Å². The summed E-state index contributed by atoms with van der Waals surface area (Å²) in [5.41, 5.74) is 1.68. The van der Waals surface area contributed by atoms with E-state index in [0.717, 1.165) is 15.8 Å². The van der Waals surface area contributed by atoms with Crippen LogP contribution in [0.5, 0.6) is 0 Å². The van der Waals surface area contributed by atoms with Gasteiger partial charge in [0.25, 0.3) is 0 Å². The van der Waals surface area contributed by atoms with Crippen molar-refractivity contribution in [1.82, 2.24) is 9.80 Å². The molecule has 0 unspecified atom stereocenters. The summed E-state index contributed by atoms with van der Waals surface area (Å²) in [7, 11) is 0. The molecule has 174 valence electrons. The average molecular weight is 512 g/mol. The molecule has 0 saturated carbocycles. The number of amides is 3. The Bertz CT molecular complexity index is 1070. The summed E-state index contributed by atoms with van der Waals surface area (Å²) in [4.78, 5) is 29.8. The lowest BCUT2D eigenvalue weighted by atomic mass is 10.2. The largest absolute Gasteiger partial charge is 0.464 e. The maximum atomic E-state index is 13.4. The lowest BCUT2D eigenvalue weighted by Crippen LogP contribution is -2.45. The van der Waals surface area contributed by atoms with Crippen LogP contribution >= 0.6 is 15.9 Å². The summed E-state index contributed by atoms with van der Waals surface area (Å²) >= 11 is 3.46. The summed E-state index contributed by atoms with van der Waals surface area (Å²) in [5, 5.41) is 2.91. The van der Waals surface area contributed by atoms with Crippen molar-refractivity contribution in [3.8, 4) is 0 Å². The Morgan fingerprint density at radius 1 is 0.939 bits per heavy atom. The minimum absolute atomic E-state index is 0.0268. The van der Waals surface area contributed by atoms with E-state index in [1.807, 2.05) is 87.5 Å². The number of anilines is 1. The molecule has 3 amide bonds. The number of benzene rings is 2. The van der Waals surface area contributed by atoms with Gasteiger partial charge in [-0.25, -0.2) is 4.79 Å². The molecular formula is C26H30BrN3O3. The molecule has 3 rings (SSSR count). The zero-order valence-corrected chi connectivity index (χ0v) is 20.8. The first-order chi connectivity index (χ1) is 15.8. The van der Waals surface area contributed by atoms with Crippen LogP contribution in [-0.2, 0) is 17.9 Å². The van der Waals surface area contributed by atoms with Gasteiger partial charge in [-0.2, -0.15) is 0 Å². The molecule has 0 bridgehead atoms. The number of rotatable bonds is 9. The third-order valence-electron chi connectivity index (χ3n) is 5.03. The first kappa shape index (κ1) is 24.6. The maximum absolute atomic E-state index is 13.4. The Labute approximate surface area is 203 Å². The molecule has 33 heavy (non-hydrogen) atoms. The van der Waals surface area contributed by atoms with Crippen molar-refractivity contribution in [2.45, 2.75) is 33.9 Å². The van der Waals surface area contributed by atoms with Gasteiger partial charge in [-0.15, -0.1) is 0 Å². The second-order valence-electron chi connectivity index (χ2n) is 8.43. The molecule has 1 N–H and O–H groups in total. The molecule has 0 fully saturated rings. The smallest absolute Gasteiger partial charge is 0.322 e. The zero-order chi connectivity index (χ0) is 23.8. The van der Waals surface area contributed by atoms with E-state index in [1.165, 1.54) is 0 Å². The van der Waals surface area contributed by atoms with Crippen LogP contribution in [0.3, 0.4) is 0 Å². The third kappa shape index (κ3) is 7.49. The van der Waals surface area contributed by atoms with Gasteiger partial charge in [0, 0.05) is 17.6 Å². The number of furan rings is 1. The fourth-order valence-electron chi connectivity index (χ4n) is 3.47. The van der Waals surface area contributed by atoms with Gasteiger partial charge in [0.05, 0.1) is 12.2 Å². The molecule has 7 heteroatoms. The summed E-state index contributed by atoms with van der Waals surface area (Å²) < 4.78 is 6.50. The lowest BCUT2D eigenvalue weighted by molar-refractivity contribution is -0.133. The van der Waals surface area contributed by atoms with E-state index in [-0.39, 0.29) is 24.4 Å². The molecule has 0 radical (unpaired) electrons. The number of carbonyl (C=O) groups is 2. The molecule has 0 aliphatic carbocycles. The number of halogens is 1. The van der Waals surface area contributed by atoms with Crippen LogP contribution in [0.2, 0.25) is 0 Å². The Hall–Kier alpha value is -3.06. The number of para-hydroxylation sites is 1. The normalized spacial score (nSPS) is 10.8. The van der Waals surface area contributed by atoms with Crippen LogP contribution in [0, 0.1) is 12.8 Å². The number of carbonyl (C=O) groups excluding carboxylic acids is 2. The van der Waals surface area contributed by atoms with Crippen LogP contribution in [-0.4, -0.2) is 34.8 Å². The Morgan fingerprint density at radius 3 is 2.27 bits per heavy atom. The third-order valence-corrected chi connectivity index (χ3v) is 5.72. The van der Waals surface area contributed by atoms with Gasteiger partial charge in [-0.1, -0.05) is 56.3 Å². The van der Waals surface area contributed by atoms with Gasteiger partial charge in [0.15, 0.2) is 0 Å². The molecule has 0 aliphatic rings. The van der Waals surface area contributed by atoms with E-state index < -0.39 is 0 Å². The molecule has 6 nitrogen and oxygen atoms in total. The molecule has 0 spiro atoms. The van der Waals surface area contributed by atoms with Gasteiger partial charge < -0.3 is 19.5 Å². The Balaban J connectivity index is 1.77. The van der Waals surface area contributed by atoms with Crippen molar-refractivity contribution in [1.29, 1.82) is 0 Å². The molecular weight excluding hydrogens is 482 g/mol. The topological polar surface area (TPSA) is 65.8 Å². The predicted octanol–water partition coefficient (Wildman–Crippen LogP) is 6.07. The average Bonchev–Trinajstić information content (AvgIpc) is 3.19. The SMILES string of the molecule is Cc1ccc(CN(Cc2ccccc2)C(=O)CN(CC(C)C)C(=O)Nc2ccccc2Br)o1. The van der Waals surface area contributed by atoms with Crippen molar-refractivity contribution in [2.75, 3.05) is 18.4 Å². The van der Waals surface area contributed by atoms with Gasteiger partial charge >= 0.3 is 6.03 Å². The highest BCUT2D eigenvalue weighted by atomic mass is 79.9. The zero-order valence-electron chi connectivity index (χ0n) is 19.3. The number of nitrogens with one attached hydrogen (secondary N) is 1. The number of hydrogen-bond donors (Lipinski definition) is 1. The van der Waals surface area contributed by atoms with Crippen molar-refractivity contribution in [3.05, 3.63) is 88.3 Å². The Morgan fingerprint density at radius 2 is 1.64 bits per heavy atom. The van der Waals surface area contributed by atoms with Crippen molar-refractivity contribution < 1.29 is 14.0 Å². The molecule has 1 heterocycles. The van der Waals surface area contributed by atoms with E-state index in [2.05, 4.69) is 21.2 Å². The van der Waals surface area contributed by atoms with Crippen LogP contribution in [0.1, 0.15) is 30.9 Å². The van der Waals surface area contributed by atoms with E-state index in [4.69, 9.17) is 4.42 Å². The summed E-state index contributed by atoms with van der Waals surface area (Å²) in [6.07, 6.45) is 0. The second kappa shape index (κ2) is 11.7. The van der Waals surface area contributed by atoms with Gasteiger partial charge in [0.2, 0.25) is 5.91 Å². The molecule has 1 aromatic heterocycles. The van der Waals surface area contributed by atoms with E-state index in [0.29, 0.717) is 31.1 Å². The molecule has 3 aromatic rings. The van der Waals surface area contributed by atoms with Crippen molar-refractivity contribution in [3.63, 3.8) is 0 Å². The predicted molar refractivity (Wildman–Crippen MR) is 134 cm³/mol. The first-order valence-corrected chi connectivity index (χ1v) is 11.8. The fourth-order valence-corrected chi connectivity index (χ4v) is 3.86. The molecule has 0 atom stereocenters. The summed E-state index contributed by atoms with van der Waals surface area (Å²) in [6, 6.07) is 20.7. The number of nitrogens with zero attached hydrogens (tertiary/aromatic N) is 2. The van der Waals surface area contributed by atoms with Gasteiger partial charge in [-0.05, 0) is 58.6 Å². The monoisotopic (exact) mass is 511 g/mol. The minimum atomic E-state index is -0.308. The quantitative estimate of drug-likeness (QED) is 0.379. The van der Waals surface area contributed by atoms with Crippen LogP contribution < -0.4 is 5.32 Å². The summed E-state index contributed by atoms with van der Waals surface area (Å²) in [6.45, 7) is 7.13. The number of hydrogen-bond acceptors (Lipinski definition) is 3. The second-order valence-corrected chi connectivity index (χ2v) is 9.29. The van der Waals surface area contributed by atoms with Crippen LogP contribution in [0.25, 0.3) is 0 Å².